The van der Waals surface area contributed by atoms with Crippen molar-refractivity contribution in [1.82, 2.24) is 5.32 Å². The molecule has 2 aromatic carbocycles. The van der Waals surface area contributed by atoms with Crippen LogP contribution < -0.4 is 10.2 Å². The maximum atomic E-state index is 13.1. The molecule has 1 aliphatic heterocycles. The standard InChI is InChI=1S/C23H25F3N2O2.ClH/c24-23(25,26)19-6-4-5-16(11-19)14-28(20-7-2-1-3-8-20)22(29)30-15-21-17-9-10-18(21)13-27-12-17;/h1-8,11,17-18,21,27H,9-10,12-15H2;1H. The summed E-state index contributed by atoms with van der Waals surface area (Å²) in [6.45, 7) is 2.25. The van der Waals surface area contributed by atoms with E-state index < -0.39 is 17.8 Å². The van der Waals surface area contributed by atoms with E-state index in [1.165, 1.54) is 11.0 Å². The third-order valence-corrected chi connectivity index (χ3v) is 6.21. The summed E-state index contributed by atoms with van der Waals surface area (Å²) in [5.41, 5.74) is 0.258. The molecule has 168 valence electrons. The van der Waals surface area contributed by atoms with Gasteiger partial charge in [0.2, 0.25) is 0 Å². The van der Waals surface area contributed by atoms with E-state index in [1.807, 2.05) is 6.07 Å². The molecule has 1 saturated carbocycles. The lowest BCUT2D eigenvalue weighted by atomic mass is 9.87. The molecule has 2 aromatic rings. The van der Waals surface area contributed by atoms with Gasteiger partial charge >= 0.3 is 12.3 Å². The topological polar surface area (TPSA) is 41.6 Å². The van der Waals surface area contributed by atoms with Crippen LogP contribution in [0.3, 0.4) is 0 Å². The highest BCUT2D eigenvalue weighted by atomic mass is 35.5. The van der Waals surface area contributed by atoms with Crippen molar-refractivity contribution in [3.63, 3.8) is 0 Å². The molecule has 2 bridgehead atoms. The van der Waals surface area contributed by atoms with Crippen LogP contribution in [0.5, 0.6) is 0 Å². The summed E-state index contributed by atoms with van der Waals surface area (Å²) < 4.78 is 44.9. The fourth-order valence-corrected chi connectivity index (χ4v) is 4.62. The number of hydrogen-bond acceptors (Lipinski definition) is 3. The number of carbonyl (C=O) groups is 1. The monoisotopic (exact) mass is 454 g/mol. The Balaban J connectivity index is 0.00000272. The van der Waals surface area contributed by atoms with Crippen LogP contribution >= 0.6 is 12.4 Å². The zero-order chi connectivity index (χ0) is 21.1. The third kappa shape index (κ3) is 5.52. The lowest BCUT2D eigenvalue weighted by molar-refractivity contribution is -0.137. The first-order chi connectivity index (χ1) is 14.4. The third-order valence-electron chi connectivity index (χ3n) is 6.21. The number of alkyl halides is 3. The van der Waals surface area contributed by atoms with Gasteiger partial charge in [0.1, 0.15) is 0 Å². The van der Waals surface area contributed by atoms with Crippen molar-refractivity contribution >= 4 is 24.2 Å². The predicted octanol–water partition coefficient (Wildman–Crippen LogP) is 5.52. The van der Waals surface area contributed by atoms with Gasteiger partial charge < -0.3 is 10.1 Å². The molecule has 8 heteroatoms. The van der Waals surface area contributed by atoms with Gasteiger partial charge in [-0.25, -0.2) is 4.79 Å². The van der Waals surface area contributed by atoms with Gasteiger partial charge in [-0.15, -0.1) is 12.4 Å². The summed E-state index contributed by atoms with van der Waals surface area (Å²) in [7, 11) is 0. The number of nitrogens with zero attached hydrogens (tertiary/aromatic N) is 1. The van der Waals surface area contributed by atoms with Gasteiger partial charge in [0.25, 0.3) is 0 Å². The zero-order valence-electron chi connectivity index (χ0n) is 17.0. The Labute approximate surface area is 186 Å². The molecule has 1 amide bonds. The molecular formula is C23H26ClF3N2O2. The van der Waals surface area contributed by atoms with Crippen molar-refractivity contribution in [2.45, 2.75) is 25.6 Å². The van der Waals surface area contributed by atoms with E-state index in [0.717, 1.165) is 38.1 Å². The van der Waals surface area contributed by atoms with Crippen molar-refractivity contribution < 1.29 is 22.7 Å². The van der Waals surface area contributed by atoms with E-state index in [2.05, 4.69) is 5.32 Å². The Bertz CT molecular complexity index is 863. The molecule has 2 unspecified atom stereocenters. The lowest BCUT2D eigenvalue weighted by Crippen LogP contribution is -2.41. The molecule has 1 N–H and O–H groups in total. The minimum Gasteiger partial charge on any atom is -0.449 e. The summed E-state index contributed by atoms with van der Waals surface area (Å²) in [5.74, 6) is 1.39. The van der Waals surface area contributed by atoms with Gasteiger partial charge in [-0.05, 0) is 67.6 Å². The van der Waals surface area contributed by atoms with Gasteiger partial charge in [0.15, 0.2) is 0 Å². The van der Waals surface area contributed by atoms with Crippen LogP contribution in [0.2, 0.25) is 0 Å². The van der Waals surface area contributed by atoms with Crippen LogP contribution in [-0.4, -0.2) is 25.8 Å². The molecule has 1 saturated heterocycles. The average Bonchev–Trinajstić information content (AvgIpc) is 2.96. The SMILES string of the molecule is Cl.O=C(OCC1C2CCC1CNC2)N(Cc1cccc(C(F)(F)F)c1)c1ccccc1. The first kappa shape index (κ1) is 23.4. The molecule has 2 atom stereocenters. The second-order valence-corrected chi connectivity index (χ2v) is 8.12. The predicted molar refractivity (Wildman–Crippen MR) is 115 cm³/mol. The summed E-state index contributed by atoms with van der Waals surface area (Å²) in [5, 5.41) is 3.42. The number of piperidine rings is 1. The lowest BCUT2D eigenvalue weighted by Gasteiger charge is -2.31. The Morgan fingerprint density at radius 3 is 2.35 bits per heavy atom. The molecule has 31 heavy (non-hydrogen) atoms. The van der Waals surface area contributed by atoms with E-state index in [-0.39, 0.29) is 19.0 Å². The summed E-state index contributed by atoms with van der Waals surface area (Å²) in [6.07, 6.45) is -2.67. The van der Waals surface area contributed by atoms with E-state index in [0.29, 0.717) is 35.6 Å². The summed E-state index contributed by atoms with van der Waals surface area (Å²) in [6, 6.07) is 14.0. The minimum atomic E-state index is -4.43. The Morgan fingerprint density at radius 2 is 1.71 bits per heavy atom. The Kier molecular flexibility index (Phi) is 7.49. The highest BCUT2D eigenvalue weighted by molar-refractivity contribution is 5.87. The number of para-hydroxylation sites is 1. The number of fused-ring (bicyclic) bond motifs is 2. The number of nitrogens with one attached hydrogen (secondary N) is 1. The van der Waals surface area contributed by atoms with Crippen LogP contribution in [0.15, 0.2) is 54.6 Å². The molecule has 0 aromatic heterocycles. The maximum Gasteiger partial charge on any atom is 0.416 e. The van der Waals surface area contributed by atoms with Crippen molar-refractivity contribution in [2.24, 2.45) is 17.8 Å². The summed E-state index contributed by atoms with van der Waals surface area (Å²) >= 11 is 0. The van der Waals surface area contributed by atoms with Gasteiger partial charge in [-0.1, -0.05) is 30.3 Å². The number of halogens is 4. The molecular weight excluding hydrogens is 429 g/mol. The number of hydrogen-bond donors (Lipinski definition) is 1. The van der Waals surface area contributed by atoms with Gasteiger partial charge in [-0.2, -0.15) is 13.2 Å². The number of amides is 1. The highest BCUT2D eigenvalue weighted by Gasteiger charge is 2.39. The van der Waals surface area contributed by atoms with Crippen LogP contribution in [0.25, 0.3) is 0 Å². The normalized spacial score (nSPS) is 22.5. The van der Waals surface area contributed by atoms with Gasteiger partial charge in [0, 0.05) is 11.6 Å². The second kappa shape index (κ2) is 9.92. The fourth-order valence-electron chi connectivity index (χ4n) is 4.62. The van der Waals surface area contributed by atoms with Crippen molar-refractivity contribution in [2.75, 3.05) is 24.6 Å². The number of carbonyl (C=O) groups excluding carboxylic acids is 1. The molecule has 2 fully saturated rings. The largest absolute Gasteiger partial charge is 0.449 e. The van der Waals surface area contributed by atoms with Crippen molar-refractivity contribution in [1.29, 1.82) is 0 Å². The van der Waals surface area contributed by atoms with Crippen LogP contribution in [0.1, 0.15) is 24.0 Å². The quantitative estimate of drug-likeness (QED) is 0.647. The molecule has 4 rings (SSSR count). The Morgan fingerprint density at radius 1 is 1.03 bits per heavy atom. The van der Waals surface area contributed by atoms with Crippen LogP contribution in [-0.2, 0) is 17.5 Å². The molecule has 1 heterocycles. The second-order valence-electron chi connectivity index (χ2n) is 8.12. The molecule has 1 aliphatic carbocycles. The average molecular weight is 455 g/mol. The molecule has 2 aliphatic rings. The first-order valence-electron chi connectivity index (χ1n) is 10.3. The number of rotatable bonds is 5. The van der Waals surface area contributed by atoms with Crippen molar-refractivity contribution in [3.05, 3.63) is 65.7 Å². The van der Waals surface area contributed by atoms with E-state index >= 15 is 0 Å². The number of benzene rings is 2. The van der Waals surface area contributed by atoms with E-state index in [9.17, 15) is 18.0 Å². The summed E-state index contributed by atoms with van der Waals surface area (Å²) in [4.78, 5) is 14.4. The maximum absolute atomic E-state index is 13.1. The zero-order valence-corrected chi connectivity index (χ0v) is 17.8. The number of anilines is 1. The van der Waals surface area contributed by atoms with Crippen LogP contribution in [0.4, 0.5) is 23.7 Å². The first-order valence-corrected chi connectivity index (χ1v) is 10.3. The highest BCUT2D eigenvalue weighted by Crippen LogP contribution is 2.39. The van der Waals surface area contributed by atoms with Gasteiger partial charge in [0.05, 0.1) is 18.7 Å². The molecule has 0 radical (unpaired) electrons. The van der Waals surface area contributed by atoms with E-state index in [1.54, 1.807) is 30.3 Å². The fraction of sp³-hybridized carbons (Fsp3) is 0.435. The van der Waals surface area contributed by atoms with Crippen molar-refractivity contribution in [3.8, 4) is 0 Å². The molecule has 4 nitrogen and oxygen atoms in total. The Hall–Kier alpha value is -2.25. The number of ether oxygens (including phenoxy) is 1. The molecule has 0 spiro atoms. The smallest absolute Gasteiger partial charge is 0.416 e. The minimum absolute atomic E-state index is 0. The van der Waals surface area contributed by atoms with Gasteiger partial charge in [-0.3, -0.25) is 4.90 Å². The van der Waals surface area contributed by atoms with E-state index in [4.69, 9.17) is 4.74 Å². The van der Waals surface area contributed by atoms with Crippen LogP contribution in [0, 0.1) is 17.8 Å².